The lowest BCUT2D eigenvalue weighted by Crippen LogP contribution is -2.38. The van der Waals surface area contributed by atoms with Gasteiger partial charge in [0, 0.05) is 39.0 Å². The van der Waals surface area contributed by atoms with Crippen LogP contribution in [0.25, 0.3) is 0 Å². The maximum atomic E-state index is 5.60. The van der Waals surface area contributed by atoms with E-state index < -0.39 is 0 Å². The van der Waals surface area contributed by atoms with Gasteiger partial charge in [-0.3, -0.25) is 4.99 Å². The van der Waals surface area contributed by atoms with Gasteiger partial charge in [-0.25, -0.2) is 4.98 Å². The van der Waals surface area contributed by atoms with E-state index in [0.29, 0.717) is 45.4 Å². The Hall–Kier alpha value is -2.80. The predicted octanol–water partition coefficient (Wildman–Crippen LogP) is 2.24. The van der Waals surface area contributed by atoms with Crippen LogP contribution in [0, 0.1) is 0 Å². The number of benzene rings is 1. The molecule has 7 heteroatoms. The Labute approximate surface area is 160 Å². The second-order valence-electron chi connectivity index (χ2n) is 5.56. The first-order chi connectivity index (χ1) is 13.3. The Bertz CT molecular complexity index is 663. The number of aromatic nitrogens is 1. The van der Waals surface area contributed by atoms with Crippen molar-refractivity contribution in [3.8, 4) is 11.6 Å². The van der Waals surface area contributed by atoms with Crippen LogP contribution in [0.15, 0.2) is 53.7 Å². The quantitative estimate of drug-likeness (QED) is 0.358. The van der Waals surface area contributed by atoms with Gasteiger partial charge in [0.25, 0.3) is 0 Å². The number of aliphatic imine (C=N–C) groups is 1. The molecule has 0 unspecified atom stereocenters. The van der Waals surface area contributed by atoms with Crippen LogP contribution in [0.1, 0.15) is 12.5 Å². The first kappa shape index (κ1) is 20.5. The molecule has 0 aliphatic carbocycles. The summed E-state index contributed by atoms with van der Waals surface area (Å²) in [5.74, 6) is 2.14. The number of rotatable bonds is 11. The molecule has 0 spiro atoms. The van der Waals surface area contributed by atoms with Crippen molar-refractivity contribution in [2.24, 2.45) is 4.99 Å². The zero-order valence-electron chi connectivity index (χ0n) is 16.0. The molecule has 146 valence electrons. The van der Waals surface area contributed by atoms with Gasteiger partial charge in [0.05, 0.1) is 6.61 Å². The first-order valence-electron chi connectivity index (χ1n) is 9.09. The molecular weight excluding hydrogens is 344 g/mol. The van der Waals surface area contributed by atoms with Gasteiger partial charge >= 0.3 is 0 Å². The van der Waals surface area contributed by atoms with Gasteiger partial charge in [-0.2, -0.15) is 0 Å². The maximum absolute atomic E-state index is 5.60. The monoisotopic (exact) mass is 372 g/mol. The van der Waals surface area contributed by atoms with E-state index in [4.69, 9.17) is 14.2 Å². The molecule has 1 aromatic heterocycles. The highest BCUT2D eigenvalue weighted by Crippen LogP contribution is 2.09. The van der Waals surface area contributed by atoms with E-state index >= 15 is 0 Å². The van der Waals surface area contributed by atoms with Crippen LogP contribution in [0.4, 0.5) is 0 Å². The van der Waals surface area contributed by atoms with Gasteiger partial charge in [-0.15, -0.1) is 0 Å². The van der Waals surface area contributed by atoms with Crippen molar-refractivity contribution in [3.63, 3.8) is 0 Å². The van der Waals surface area contributed by atoms with Gasteiger partial charge in [0.1, 0.15) is 19.0 Å². The number of nitrogens with zero attached hydrogens (tertiary/aromatic N) is 2. The van der Waals surface area contributed by atoms with Crippen LogP contribution in [0.5, 0.6) is 11.6 Å². The molecule has 2 aromatic rings. The zero-order valence-corrected chi connectivity index (χ0v) is 16.0. The Morgan fingerprint density at radius 3 is 2.52 bits per heavy atom. The summed E-state index contributed by atoms with van der Waals surface area (Å²) in [4.78, 5) is 8.49. The molecule has 0 amide bonds. The highest BCUT2D eigenvalue weighted by molar-refractivity contribution is 5.79. The molecule has 0 aliphatic rings. The molecule has 0 bridgehead atoms. The number of hydrogen-bond donors (Lipinski definition) is 2. The summed E-state index contributed by atoms with van der Waals surface area (Å²) in [6.07, 6.45) is 1.79. The Balaban J connectivity index is 1.65. The van der Waals surface area contributed by atoms with Crippen LogP contribution < -0.4 is 20.1 Å². The van der Waals surface area contributed by atoms with Crippen molar-refractivity contribution in [1.82, 2.24) is 15.6 Å². The number of para-hydroxylation sites is 1. The average molecular weight is 372 g/mol. The number of hydrogen-bond acceptors (Lipinski definition) is 5. The molecule has 0 saturated heterocycles. The number of nitrogens with one attached hydrogen (secondary N) is 2. The summed E-state index contributed by atoms with van der Waals surface area (Å²) in [7, 11) is 1.74. The van der Waals surface area contributed by atoms with Crippen molar-refractivity contribution >= 4 is 5.96 Å². The highest BCUT2D eigenvalue weighted by atomic mass is 16.5. The number of pyridine rings is 1. The minimum Gasteiger partial charge on any atom is -0.490 e. The first-order valence-corrected chi connectivity index (χ1v) is 9.09. The summed E-state index contributed by atoms with van der Waals surface area (Å²) in [5.41, 5.74) is 1.04. The molecule has 27 heavy (non-hydrogen) atoms. The maximum Gasteiger partial charge on any atom is 0.213 e. The Morgan fingerprint density at radius 1 is 1.00 bits per heavy atom. The predicted molar refractivity (Wildman–Crippen MR) is 106 cm³/mol. The minimum absolute atomic E-state index is 0.440. The van der Waals surface area contributed by atoms with Gasteiger partial charge in [0.2, 0.25) is 5.88 Å². The summed E-state index contributed by atoms with van der Waals surface area (Å²) in [5, 5.41) is 6.42. The van der Waals surface area contributed by atoms with Crippen LogP contribution >= 0.6 is 0 Å². The second kappa shape index (κ2) is 12.5. The summed E-state index contributed by atoms with van der Waals surface area (Å²) < 4.78 is 16.5. The fourth-order valence-corrected chi connectivity index (χ4v) is 2.22. The molecule has 1 aromatic carbocycles. The third-order valence-corrected chi connectivity index (χ3v) is 3.57. The Kier molecular flexibility index (Phi) is 9.52. The van der Waals surface area contributed by atoms with E-state index in [2.05, 4.69) is 20.6 Å². The summed E-state index contributed by atoms with van der Waals surface area (Å²) in [6, 6.07) is 13.5. The van der Waals surface area contributed by atoms with E-state index in [9.17, 15) is 0 Å². The fourth-order valence-electron chi connectivity index (χ4n) is 2.22. The van der Waals surface area contributed by atoms with Crippen LogP contribution in [0.2, 0.25) is 0 Å². The van der Waals surface area contributed by atoms with Crippen molar-refractivity contribution in [1.29, 1.82) is 0 Å². The second-order valence-corrected chi connectivity index (χ2v) is 5.56. The van der Waals surface area contributed by atoms with E-state index in [1.54, 1.807) is 13.2 Å². The molecule has 2 N–H and O–H groups in total. The van der Waals surface area contributed by atoms with Crippen LogP contribution in [0.3, 0.4) is 0 Å². The lowest BCUT2D eigenvalue weighted by molar-refractivity contribution is 0.152. The third-order valence-electron chi connectivity index (χ3n) is 3.57. The largest absolute Gasteiger partial charge is 0.490 e. The van der Waals surface area contributed by atoms with Crippen LogP contribution in [-0.2, 0) is 11.3 Å². The van der Waals surface area contributed by atoms with Crippen LogP contribution in [-0.4, -0.2) is 51.0 Å². The standard InChI is InChI=1S/C20H28N4O3/c1-3-25-12-11-22-20(21-2)24-16-17-9-10-19(23-15-17)27-14-13-26-18-7-5-4-6-8-18/h4-10,15H,3,11-14,16H2,1-2H3,(H2,21,22,24). The van der Waals surface area contributed by atoms with Gasteiger partial charge in [-0.05, 0) is 24.6 Å². The van der Waals surface area contributed by atoms with Gasteiger partial charge in [0.15, 0.2) is 5.96 Å². The molecule has 0 atom stereocenters. The fraction of sp³-hybridized carbons (Fsp3) is 0.400. The van der Waals surface area contributed by atoms with Gasteiger partial charge in [-0.1, -0.05) is 24.3 Å². The van der Waals surface area contributed by atoms with Crippen molar-refractivity contribution in [3.05, 3.63) is 54.2 Å². The lowest BCUT2D eigenvalue weighted by atomic mass is 10.3. The molecule has 0 fully saturated rings. The van der Waals surface area contributed by atoms with Crippen molar-refractivity contribution < 1.29 is 14.2 Å². The molecule has 2 rings (SSSR count). The molecular formula is C20H28N4O3. The molecule has 0 saturated carbocycles. The smallest absolute Gasteiger partial charge is 0.213 e. The lowest BCUT2D eigenvalue weighted by Gasteiger charge is -2.12. The topological polar surface area (TPSA) is 77.0 Å². The van der Waals surface area contributed by atoms with E-state index in [1.165, 1.54) is 0 Å². The number of ether oxygens (including phenoxy) is 3. The minimum atomic E-state index is 0.440. The zero-order chi connectivity index (χ0) is 19.2. The van der Waals surface area contributed by atoms with E-state index in [-0.39, 0.29) is 0 Å². The Morgan fingerprint density at radius 2 is 1.81 bits per heavy atom. The molecule has 7 nitrogen and oxygen atoms in total. The normalized spacial score (nSPS) is 11.1. The van der Waals surface area contributed by atoms with Gasteiger partial charge < -0.3 is 24.8 Å². The highest BCUT2D eigenvalue weighted by Gasteiger charge is 2.01. The molecule has 0 aliphatic heterocycles. The molecule has 1 heterocycles. The van der Waals surface area contributed by atoms with Crippen molar-refractivity contribution in [2.45, 2.75) is 13.5 Å². The van der Waals surface area contributed by atoms with Crippen molar-refractivity contribution in [2.75, 3.05) is 40.0 Å². The van der Waals surface area contributed by atoms with E-state index in [1.807, 2.05) is 49.4 Å². The average Bonchev–Trinajstić information content (AvgIpc) is 2.72. The third kappa shape index (κ3) is 8.42. The summed E-state index contributed by atoms with van der Waals surface area (Å²) >= 11 is 0. The van der Waals surface area contributed by atoms with E-state index in [0.717, 1.165) is 17.3 Å². The molecule has 0 radical (unpaired) electrons. The SMILES string of the molecule is CCOCCNC(=NC)NCc1ccc(OCCOc2ccccc2)nc1. The summed E-state index contributed by atoms with van der Waals surface area (Å²) in [6.45, 7) is 5.59. The number of guanidine groups is 1.